The zero-order chi connectivity index (χ0) is 12.9. The minimum absolute atomic E-state index is 0.101. The van der Waals surface area contributed by atoms with Crippen molar-refractivity contribution in [2.75, 3.05) is 0 Å². The summed E-state index contributed by atoms with van der Waals surface area (Å²) in [5, 5.41) is 0.101. The van der Waals surface area contributed by atoms with Crippen LogP contribution in [0.3, 0.4) is 0 Å². The highest BCUT2D eigenvalue weighted by Crippen LogP contribution is 2.20. The van der Waals surface area contributed by atoms with Crippen LogP contribution in [-0.4, -0.2) is 5.12 Å². The fraction of sp³-hybridized carbons (Fsp3) is 0.933. The highest BCUT2D eigenvalue weighted by atomic mass is 32.1. The molecule has 0 saturated heterocycles. The zero-order valence-electron chi connectivity index (χ0n) is 11.7. The van der Waals surface area contributed by atoms with Crippen molar-refractivity contribution in [3.05, 3.63) is 0 Å². The molecule has 0 aliphatic heterocycles. The lowest BCUT2D eigenvalue weighted by Crippen LogP contribution is -2.08. The summed E-state index contributed by atoms with van der Waals surface area (Å²) < 4.78 is 0. The first-order valence-corrected chi connectivity index (χ1v) is 7.89. The molecule has 0 heterocycles. The van der Waals surface area contributed by atoms with E-state index in [0.29, 0.717) is 0 Å². The molecule has 0 amide bonds. The summed E-state index contributed by atoms with van der Waals surface area (Å²) in [7, 11) is 0. The minimum Gasteiger partial charge on any atom is -0.287 e. The molecule has 0 aliphatic carbocycles. The monoisotopic (exact) mass is 258 g/mol. The average Bonchev–Trinajstić information content (AvgIpc) is 2.31. The van der Waals surface area contributed by atoms with E-state index in [0.717, 1.165) is 19.3 Å². The number of unbranched alkanes of at least 4 members (excludes halogenated alkanes) is 7. The molecule has 0 N–H and O–H groups in total. The lowest BCUT2D eigenvalue weighted by Gasteiger charge is -2.12. The van der Waals surface area contributed by atoms with Crippen LogP contribution >= 0.6 is 12.6 Å². The zero-order valence-corrected chi connectivity index (χ0v) is 12.6. The van der Waals surface area contributed by atoms with Crippen LogP contribution in [0.1, 0.15) is 84.5 Å². The summed E-state index contributed by atoms with van der Waals surface area (Å²) in [6.07, 6.45) is 13.7. The Morgan fingerprint density at radius 3 is 1.82 bits per heavy atom. The summed E-state index contributed by atoms with van der Waals surface area (Å²) in [6.45, 7) is 4.42. The molecule has 17 heavy (non-hydrogen) atoms. The van der Waals surface area contributed by atoms with Crippen molar-refractivity contribution in [2.24, 2.45) is 5.92 Å². The summed E-state index contributed by atoms with van der Waals surface area (Å²) in [5.74, 6) is 0.217. The molecule has 0 aromatic rings. The van der Waals surface area contributed by atoms with Crippen LogP contribution in [0.15, 0.2) is 0 Å². The van der Waals surface area contributed by atoms with Crippen molar-refractivity contribution < 1.29 is 4.79 Å². The molecule has 1 unspecified atom stereocenters. The Morgan fingerprint density at radius 2 is 1.29 bits per heavy atom. The van der Waals surface area contributed by atoms with Gasteiger partial charge in [0.1, 0.15) is 0 Å². The second-order valence-electron chi connectivity index (χ2n) is 5.09. The number of carbonyl (C=O) groups is 1. The van der Waals surface area contributed by atoms with E-state index in [-0.39, 0.29) is 11.0 Å². The van der Waals surface area contributed by atoms with Crippen LogP contribution in [0.2, 0.25) is 0 Å². The van der Waals surface area contributed by atoms with Gasteiger partial charge in [0, 0.05) is 5.92 Å². The molecule has 0 aromatic heterocycles. The van der Waals surface area contributed by atoms with Gasteiger partial charge in [0.25, 0.3) is 0 Å². The first kappa shape index (κ1) is 17.0. The van der Waals surface area contributed by atoms with Gasteiger partial charge in [-0.1, -0.05) is 71.6 Å². The van der Waals surface area contributed by atoms with Gasteiger partial charge in [0.05, 0.1) is 0 Å². The highest BCUT2D eigenvalue weighted by Gasteiger charge is 2.13. The standard InChI is InChI=1S/C15H30OS/c1-3-5-7-8-9-10-11-13-14(15(16)17)12-6-4-2/h14H,3-13H2,1-2H3,(H,16,17). The quantitative estimate of drug-likeness (QED) is 0.367. The molecule has 0 saturated carbocycles. The third kappa shape index (κ3) is 10.9. The topological polar surface area (TPSA) is 17.1 Å². The van der Waals surface area contributed by atoms with Gasteiger partial charge in [0.15, 0.2) is 5.12 Å². The highest BCUT2D eigenvalue weighted by molar-refractivity contribution is 7.96. The largest absolute Gasteiger partial charge is 0.287 e. The predicted molar refractivity (Wildman–Crippen MR) is 79.6 cm³/mol. The second kappa shape index (κ2) is 12.5. The van der Waals surface area contributed by atoms with E-state index in [9.17, 15) is 4.79 Å². The first-order chi connectivity index (χ1) is 8.22. The van der Waals surface area contributed by atoms with Crippen molar-refractivity contribution >= 4 is 17.7 Å². The van der Waals surface area contributed by atoms with Gasteiger partial charge in [-0.3, -0.25) is 4.79 Å². The van der Waals surface area contributed by atoms with Gasteiger partial charge >= 0.3 is 0 Å². The van der Waals surface area contributed by atoms with Crippen molar-refractivity contribution in [1.82, 2.24) is 0 Å². The second-order valence-corrected chi connectivity index (χ2v) is 5.53. The normalized spacial score (nSPS) is 12.6. The molecule has 0 aromatic carbocycles. The molecule has 102 valence electrons. The third-order valence-corrected chi connectivity index (χ3v) is 3.78. The Hall–Kier alpha value is 0.0200. The number of hydrogen-bond donors (Lipinski definition) is 1. The molecule has 0 bridgehead atoms. The van der Waals surface area contributed by atoms with E-state index in [4.69, 9.17) is 0 Å². The third-order valence-electron chi connectivity index (χ3n) is 3.41. The molecular weight excluding hydrogens is 228 g/mol. The summed E-state index contributed by atoms with van der Waals surface area (Å²) >= 11 is 4.00. The fourth-order valence-corrected chi connectivity index (χ4v) is 2.45. The van der Waals surface area contributed by atoms with Crippen LogP contribution in [-0.2, 0) is 4.79 Å². The maximum atomic E-state index is 11.3. The van der Waals surface area contributed by atoms with Gasteiger partial charge in [-0.05, 0) is 12.8 Å². The number of hydrogen-bond acceptors (Lipinski definition) is 1. The lowest BCUT2D eigenvalue weighted by atomic mass is 9.96. The van der Waals surface area contributed by atoms with Gasteiger partial charge in [-0.15, -0.1) is 12.6 Å². The molecule has 0 aliphatic rings. The smallest absolute Gasteiger partial charge is 0.188 e. The van der Waals surface area contributed by atoms with E-state index in [1.54, 1.807) is 0 Å². The molecule has 1 atom stereocenters. The first-order valence-electron chi connectivity index (χ1n) is 7.45. The van der Waals surface area contributed by atoms with Gasteiger partial charge in [-0.2, -0.15) is 0 Å². The van der Waals surface area contributed by atoms with E-state index in [1.165, 1.54) is 51.4 Å². The fourth-order valence-electron chi connectivity index (χ4n) is 2.19. The average molecular weight is 258 g/mol. The van der Waals surface area contributed by atoms with Gasteiger partial charge < -0.3 is 0 Å². The summed E-state index contributed by atoms with van der Waals surface area (Å²) in [4.78, 5) is 11.3. The van der Waals surface area contributed by atoms with Crippen LogP contribution in [0, 0.1) is 5.92 Å². The van der Waals surface area contributed by atoms with E-state index < -0.39 is 0 Å². The number of thiol groups is 1. The molecule has 0 fully saturated rings. The van der Waals surface area contributed by atoms with Crippen LogP contribution in [0.25, 0.3) is 0 Å². The predicted octanol–water partition coefficient (Wildman–Crippen LogP) is 5.39. The van der Waals surface area contributed by atoms with Crippen LogP contribution < -0.4 is 0 Å². The van der Waals surface area contributed by atoms with E-state index in [1.807, 2.05) is 0 Å². The maximum Gasteiger partial charge on any atom is 0.188 e. The SMILES string of the molecule is CCCCCCCCCC(CCCC)C(=O)S. The number of carbonyl (C=O) groups excluding carboxylic acids is 1. The van der Waals surface area contributed by atoms with Gasteiger partial charge in [-0.25, -0.2) is 0 Å². The Labute approximate surface area is 113 Å². The van der Waals surface area contributed by atoms with Crippen molar-refractivity contribution in [3.8, 4) is 0 Å². The number of rotatable bonds is 12. The summed E-state index contributed by atoms with van der Waals surface area (Å²) in [6, 6.07) is 0. The molecule has 0 rings (SSSR count). The minimum atomic E-state index is 0.101. The van der Waals surface area contributed by atoms with Gasteiger partial charge in [0.2, 0.25) is 0 Å². The maximum absolute atomic E-state index is 11.3. The molecule has 1 nitrogen and oxygen atoms in total. The Kier molecular flexibility index (Phi) is 12.5. The Bertz CT molecular complexity index is 180. The van der Waals surface area contributed by atoms with Crippen molar-refractivity contribution in [3.63, 3.8) is 0 Å². The molecule has 0 radical (unpaired) electrons. The van der Waals surface area contributed by atoms with Crippen molar-refractivity contribution in [1.29, 1.82) is 0 Å². The molecule has 2 heteroatoms. The van der Waals surface area contributed by atoms with Crippen LogP contribution in [0.4, 0.5) is 0 Å². The van der Waals surface area contributed by atoms with Crippen LogP contribution in [0.5, 0.6) is 0 Å². The Balaban J connectivity index is 3.44. The van der Waals surface area contributed by atoms with E-state index >= 15 is 0 Å². The lowest BCUT2D eigenvalue weighted by molar-refractivity contribution is -0.114. The Morgan fingerprint density at radius 1 is 0.824 bits per heavy atom. The molecular formula is C15H30OS. The van der Waals surface area contributed by atoms with E-state index in [2.05, 4.69) is 26.5 Å². The van der Waals surface area contributed by atoms with Crippen molar-refractivity contribution in [2.45, 2.75) is 84.5 Å². The molecule has 0 spiro atoms. The summed E-state index contributed by atoms with van der Waals surface area (Å²) in [5.41, 5.74) is 0.